The van der Waals surface area contributed by atoms with Crippen LogP contribution < -0.4 is 10.6 Å². The summed E-state index contributed by atoms with van der Waals surface area (Å²) in [6.07, 6.45) is 0. The zero-order chi connectivity index (χ0) is 17.9. The highest BCUT2D eigenvalue weighted by Gasteiger charge is 2.30. The quantitative estimate of drug-likeness (QED) is 0.883. The molecule has 2 aromatic carbocycles. The van der Waals surface area contributed by atoms with Gasteiger partial charge < -0.3 is 10.6 Å². The number of anilines is 1. The van der Waals surface area contributed by atoms with E-state index in [9.17, 15) is 9.59 Å². The lowest BCUT2D eigenvalue weighted by atomic mass is 9.83. The van der Waals surface area contributed by atoms with Crippen LogP contribution in [0.2, 0.25) is 5.02 Å². The van der Waals surface area contributed by atoms with Crippen LogP contribution in [0.3, 0.4) is 0 Å². The van der Waals surface area contributed by atoms with E-state index in [-0.39, 0.29) is 11.8 Å². The number of carbonyl (C=O) groups excluding carboxylic acids is 2. The number of rotatable bonds is 4. The van der Waals surface area contributed by atoms with Crippen molar-refractivity contribution in [3.05, 3.63) is 64.2 Å². The average molecular weight is 345 g/mol. The van der Waals surface area contributed by atoms with Crippen molar-refractivity contribution in [3.8, 4) is 0 Å². The summed E-state index contributed by atoms with van der Waals surface area (Å²) < 4.78 is 0. The molecule has 0 saturated carbocycles. The lowest BCUT2D eigenvalue weighted by molar-refractivity contribution is -0.120. The van der Waals surface area contributed by atoms with Gasteiger partial charge in [-0.2, -0.15) is 0 Å². The second kappa shape index (κ2) is 7.05. The van der Waals surface area contributed by atoms with E-state index in [0.717, 1.165) is 11.1 Å². The molecule has 2 aromatic rings. The van der Waals surface area contributed by atoms with Gasteiger partial charge in [-0.15, -0.1) is 0 Å². The minimum Gasteiger partial charge on any atom is -0.355 e. The molecule has 126 valence electrons. The molecule has 0 aliphatic heterocycles. The van der Waals surface area contributed by atoms with Crippen molar-refractivity contribution < 1.29 is 9.59 Å². The number of hydrogen-bond acceptors (Lipinski definition) is 2. The van der Waals surface area contributed by atoms with Crippen LogP contribution in [0.5, 0.6) is 0 Å². The van der Waals surface area contributed by atoms with Crippen molar-refractivity contribution in [1.82, 2.24) is 5.32 Å². The maximum Gasteiger partial charge on any atom is 0.251 e. The molecule has 4 nitrogen and oxygen atoms in total. The minimum atomic E-state index is -0.739. The standard InChI is InChI=1S/C19H21ClN2O2/c1-12-10-13(17(23)21-4)8-9-16(12)22-18(24)19(2,3)14-6-5-7-15(20)11-14/h5-11H,1-4H3,(H,21,23)(H,22,24). The smallest absolute Gasteiger partial charge is 0.251 e. The van der Waals surface area contributed by atoms with Crippen molar-refractivity contribution >= 4 is 29.1 Å². The SMILES string of the molecule is CNC(=O)c1ccc(NC(=O)C(C)(C)c2cccc(Cl)c2)c(C)c1. The molecule has 0 aromatic heterocycles. The molecule has 0 saturated heterocycles. The molecule has 0 aliphatic carbocycles. The molecule has 0 aliphatic rings. The van der Waals surface area contributed by atoms with Crippen LogP contribution in [0.1, 0.15) is 35.3 Å². The van der Waals surface area contributed by atoms with E-state index in [0.29, 0.717) is 16.3 Å². The summed E-state index contributed by atoms with van der Waals surface area (Å²) in [5.41, 5.74) is 2.17. The van der Waals surface area contributed by atoms with Gasteiger partial charge in [-0.25, -0.2) is 0 Å². The van der Waals surface area contributed by atoms with Crippen LogP contribution in [0.15, 0.2) is 42.5 Å². The van der Waals surface area contributed by atoms with E-state index in [1.807, 2.05) is 32.9 Å². The van der Waals surface area contributed by atoms with Crippen LogP contribution >= 0.6 is 11.6 Å². The fourth-order valence-corrected chi connectivity index (χ4v) is 2.57. The number of hydrogen-bond donors (Lipinski definition) is 2. The average Bonchev–Trinajstić information content (AvgIpc) is 2.55. The number of amides is 2. The Labute approximate surface area is 147 Å². The third-order valence-electron chi connectivity index (χ3n) is 4.08. The summed E-state index contributed by atoms with van der Waals surface area (Å²) in [4.78, 5) is 24.4. The largest absolute Gasteiger partial charge is 0.355 e. The van der Waals surface area contributed by atoms with Crippen molar-refractivity contribution in [2.45, 2.75) is 26.2 Å². The first kappa shape index (κ1) is 18.0. The highest BCUT2D eigenvalue weighted by Crippen LogP contribution is 2.28. The molecule has 0 bridgehead atoms. The van der Waals surface area contributed by atoms with Gasteiger partial charge >= 0.3 is 0 Å². The molecular weight excluding hydrogens is 324 g/mol. The van der Waals surface area contributed by atoms with E-state index < -0.39 is 5.41 Å². The van der Waals surface area contributed by atoms with Crippen molar-refractivity contribution in [2.24, 2.45) is 0 Å². The Kier molecular flexibility index (Phi) is 5.30. The second-order valence-corrected chi connectivity index (χ2v) is 6.63. The van der Waals surface area contributed by atoms with Crippen molar-refractivity contribution in [1.29, 1.82) is 0 Å². The Balaban J connectivity index is 2.24. The van der Waals surface area contributed by atoms with Gasteiger partial charge in [0.2, 0.25) is 5.91 Å². The highest BCUT2D eigenvalue weighted by atomic mass is 35.5. The minimum absolute atomic E-state index is 0.138. The van der Waals surface area contributed by atoms with Gasteiger partial charge in [0.05, 0.1) is 5.41 Å². The van der Waals surface area contributed by atoms with Gasteiger partial charge in [0, 0.05) is 23.3 Å². The van der Waals surface area contributed by atoms with Gasteiger partial charge in [-0.1, -0.05) is 23.7 Å². The van der Waals surface area contributed by atoms with Gasteiger partial charge in [-0.3, -0.25) is 9.59 Å². The summed E-state index contributed by atoms with van der Waals surface area (Å²) in [5.74, 6) is -0.296. The first-order valence-corrected chi connectivity index (χ1v) is 8.03. The first-order valence-electron chi connectivity index (χ1n) is 7.66. The van der Waals surface area contributed by atoms with Gasteiger partial charge in [0.25, 0.3) is 5.91 Å². The Morgan fingerprint density at radius 1 is 1.08 bits per heavy atom. The van der Waals surface area contributed by atoms with E-state index in [1.54, 1.807) is 37.4 Å². The third kappa shape index (κ3) is 3.77. The van der Waals surface area contributed by atoms with E-state index in [1.165, 1.54) is 0 Å². The number of carbonyl (C=O) groups is 2. The van der Waals surface area contributed by atoms with Crippen LogP contribution in [-0.4, -0.2) is 18.9 Å². The summed E-state index contributed by atoms with van der Waals surface area (Å²) in [6, 6.07) is 12.5. The monoisotopic (exact) mass is 344 g/mol. The van der Waals surface area contributed by atoms with Gasteiger partial charge in [0.1, 0.15) is 0 Å². The molecule has 0 heterocycles. The van der Waals surface area contributed by atoms with Crippen LogP contribution in [-0.2, 0) is 10.2 Å². The third-order valence-corrected chi connectivity index (χ3v) is 4.31. The molecule has 24 heavy (non-hydrogen) atoms. The number of benzene rings is 2. The van der Waals surface area contributed by atoms with E-state index >= 15 is 0 Å². The van der Waals surface area contributed by atoms with Crippen molar-refractivity contribution in [3.63, 3.8) is 0 Å². The summed E-state index contributed by atoms with van der Waals surface area (Å²) in [6.45, 7) is 5.55. The maximum absolute atomic E-state index is 12.7. The van der Waals surface area contributed by atoms with E-state index in [4.69, 9.17) is 11.6 Å². The fourth-order valence-electron chi connectivity index (χ4n) is 2.38. The zero-order valence-corrected chi connectivity index (χ0v) is 15.0. The molecule has 0 spiro atoms. The molecule has 2 amide bonds. The second-order valence-electron chi connectivity index (χ2n) is 6.20. The predicted octanol–water partition coefficient (Wildman–Crippen LogP) is 3.92. The lowest BCUT2D eigenvalue weighted by Gasteiger charge is -2.25. The number of nitrogens with one attached hydrogen (secondary N) is 2. The van der Waals surface area contributed by atoms with Crippen LogP contribution in [0.4, 0.5) is 5.69 Å². The molecule has 0 atom stereocenters. The van der Waals surface area contributed by atoms with E-state index in [2.05, 4.69) is 10.6 Å². The normalized spacial score (nSPS) is 11.0. The summed E-state index contributed by atoms with van der Waals surface area (Å²) >= 11 is 6.03. The van der Waals surface area contributed by atoms with Gasteiger partial charge in [-0.05, 0) is 62.2 Å². The zero-order valence-electron chi connectivity index (χ0n) is 14.2. The fraction of sp³-hybridized carbons (Fsp3) is 0.263. The number of halogens is 1. The molecule has 0 unspecified atom stereocenters. The molecular formula is C19H21ClN2O2. The first-order chi connectivity index (χ1) is 11.3. The Morgan fingerprint density at radius 3 is 2.38 bits per heavy atom. The maximum atomic E-state index is 12.7. The predicted molar refractivity (Wildman–Crippen MR) is 97.7 cm³/mol. The van der Waals surface area contributed by atoms with Crippen LogP contribution in [0.25, 0.3) is 0 Å². The Morgan fingerprint density at radius 2 is 1.79 bits per heavy atom. The van der Waals surface area contributed by atoms with Crippen LogP contribution in [0, 0.1) is 6.92 Å². The van der Waals surface area contributed by atoms with Crippen molar-refractivity contribution in [2.75, 3.05) is 12.4 Å². The Hall–Kier alpha value is -2.33. The molecule has 2 N–H and O–H groups in total. The molecule has 5 heteroatoms. The Bertz CT molecular complexity index is 785. The molecule has 0 fully saturated rings. The topological polar surface area (TPSA) is 58.2 Å². The summed E-state index contributed by atoms with van der Waals surface area (Å²) in [7, 11) is 1.58. The summed E-state index contributed by atoms with van der Waals surface area (Å²) in [5, 5.41) is 6.12. The van der Waals surface area contributed by atoms with Gasteiger partial charge in [0.15, 0.2) is 0 Å². The molecule has 2 rings (SSSR count). The highest BCUT2D eigenvalue weighted by molar-refractivity contribution is 6.30. The molecule has 0 radical (unpaired) electrons. The lowest BCUT2D eigenvalue weighted by Crippen LogP contribution is -2.35. The number of aryl methyl sites for hydroxylation is 1.